The molecule has 4 amide bonds. The lowest BCUT2D eigenvalue weighted by molar-refractivity contribution is -0.122. The number of fused-ring (bicyclic) bond motifs is 1. The van der Waals surface area contributed by atoms with Crippen molar-refractivity contribution in [3.8, 4) is 5.75 Å². The summed E-state index contributed by atoms with van der Waals surface area (Å²) in [6, 6.07) is 14.4. The van der Waals surface area contributed by atoms with Crippen molar-refractivity contribution in [2.24, 2.45) is 0 Å². The number of amides is 4. The Kier molecular flexibility index (Phi) is 4.67. The standard InChI is InChI=1S/C22H17N3O5/c1-13(26)24-16(10-14-6-3-4-9-19(14)24)12-18-20(27)23-22(29)25(21(18)28)15-7-5-8-17(11-15)30-2/h3-12H,1-2H3,(H,23,27,29). The van der Waals surface area contributed by atoms with Gasteiger partial charge in [0.15, 0.2) is 0 Å². The predicted molar refractivity (Wildman–Crippen MR) is 110 cm³/mol. The predicted octanol–water partition coefficient (Wildman–Crippen LogP) is 2.98. The van der Waals surface area contributed by atoms with E-state index in [-0.39, 0.29) is 17.2 Å². The van der Waals surface area contributed by atoms with Crippen LogP contribution in [0.3, 0.4) is 0 Å². The number of barbiturate groups is 1. The number of hydrogen-bond acceptors (Lipinski definition) is 5. The molecule has 8 nitrogen and oxygen atoms in total. The molecule has 1 saturated heterocycles. The molecular formula is C22H17N3O5. The van der Waals surface area contributed by atoms with Crippen molar-refractivity contribution in [2.45, 2.75) is 6.92 Å². The van der Waals surface area contributed by atoms with Crippen molar-refractivity contribution in [2.75, 3.05) is 12.0 Å². The second-order valence-corrected chi connectivity index (χ2v) is 6.64. The number of nitrogens with zero attached hydrogens (tertiary/aromatic N) is 2. The first-order valence-electron chi connectivity index (χ1n) is 9.07. The van der Waals surface area contributed by atoms with Crippen LogP contribution in [0.1, 0.15) is 17.4 Å². The third-order valence-electron chi connectivity index (χ3n) is 4.76. The summed E-state index contributed by atoms with van der Waals surface area (Å²) < 4.78 is 6.56. The lowest BCUT2D eigenvalue weighted by atomic mass is 10.1. The third-order valence-corrected chi connectivity index (χ3v) is 4.76. The van der Waals surface area contributed by atoms with Crippen LogP contribution in [0.25, 0.3) is 17.0 Å². The quantitative estimate of drug-likeness (QED) is 0.536. The molecule has 1 aliphatic heterocycles. The summed E-state index contributed by atoms with van der Waals surface area (Å²) in [5.41, 5.74) is 1.01. The summed E-state index contributed by atoms with van der Waals surface area (Å²) in [6.45, 7) is 1.39. The Balaban J connectivity index is 1.83. The lowest BCUT2D eigenvalue weighted by Crippen LogP contribution is -2.54. The van der Waals surface area contributed by atoms with Crippen molar-refractivity contribution in [1.82, 2.24) is 9.88 Å². The largest absolute Gasteiger partial charge is 0.497 e. The SMILES string of the molecule is COc1cccc(N2C(=O)NC(=O)C(=Cc3cc4ccccc4n3C(C)=O)C2=O)c1. The first-order chi connectivity index (χ1) is 14.4. The number of ether oxygens (including phenoxy) is 1. The first kappa shape index (κ1) is 19.1. The number of imide groups is 2. The highest BCUT2D eigenvalue weighted by molar-refractivity contribution is 6.39. The minimum atomic E-state index is -0.859. The van der Waals surface area contributed by atoms with Crippen molar-refractivity contribution in [3.63, 3.8) is 0 Å². The Hall–Kier alpha value is -4.20. The molecule has 0 bridgehead atoms. The fraction of sp³-hybridized carbons (Fsp3) is 0.0909. The molecule has 0 spiro atoms. The number of benzene rings is 2. The van der Waals surface area contributed by atoms with Crippen LogP contribution in [0.15, 0.2) is 60.2 Å². The van der Waals surface area contributed by atoms with E-state index in [1.54, 1.807) is 36.4 Å². The van der Waals surface area contributed by atoms with E-state index in [4.69, 9.17) is 4.74 Å². The van der Waals surface area contributed by atoms with Gasteiger partial charge in [-0.2, -0.15) is 0 Å². The number of hydrogen-bond donors (Lipinski definition) is 1. The Bertz CT molecular complexity index is 1250. The summed E-state index contributed by atoms with van der Waals surface area (Å²) in [5, 5.41) is 2.95. The molecule has 8 heteroatoms. The van der Waals surface area contributed by atoms with Gasteiger partial charge in [0.1, 0.15) is 11.3 Å². The zero-order valence-corrected chi connectivity index (χ0v) is 16.2. The number of urea groups is 1. The zero-order chi connectivity index (χ0) is 21.4. The van der Waals surface area contributed by atoms with Crippen LogP contribution in [-0.4, -0.2) is 35.4 Å². The van der Waals surface area contributed by atoms with Gasteiger partial charge in [-0.25, -0.2) is 9.69 Å². The normalized spacial score (nSPS) is 15.6. The van der Waals surface area contributed by atoms with Gasteiger partial charge in [-0.1, -0.05) is 24.3 Å². The molecule has 0 aliphatic carbocycles. The molecular weight excluding hydrogens is 386 g/mol. The van der Waals surface area contributed by atoms with E-state index in [2.05, 4.69) is 5.32 Å². The Morgan fingerprint density at radius 3 is 2.53 bits per heavy atom. The highest BCUT2D eigenvalue weighted by Gasteiger charge is 2.37. The van der Waals surface area contributed by atoms with Gasteiger partial charge in [0.25, 0.3) is 11.8 Å². The number of anilines is 1. The Labute approximate surface area is 171 Å². The summed E-state index contributed by atoms with van der Waals surface area (Å²) in [6.07, 6.45) is 1.32. The zero-order valence-electron chi connectivity index (χ0n) is 16.2. The number of nitrogens with one attached hydrogen (secondary N) is 1. The molecule has 1 fully saturated rings. The summed E-state index contributed by atoms with van der Waals surface area (Å²) in [7, 11) is 1.46. The number of methoxy groups -OCH3 is 1. The molecule has 0 atom stereocenters. The van der Waals surface area contributed by atoms with E-state index in [0.29, 0.717) is 17.0 Å². The van der Waals surface area contributed by atoms with E-state index >= 15 is 0 Å². The highest BCUT2D eigenvalue weighted by Crippen LogP contribution is 2.27. The average Bonchev–Trinajstić information content (AvgIpc) is 3.09. The van der Waals surface area contributed by atoms with Crippen LogP contribution in [-0.2, 0) is 9.59 Å². The molecule has 2 heterocycles. The van der Waals surface area contributed by atoms with E-state index in [9.17, 15) is 19.2 Å². The number of para-hydroxylation sites is 1. The summed E-state index contributed by atoms with van der Waals surface area (Å²) in [5.74, 6) is -1.44. The van der Waals surface area contributed by atoms with Crippen LogP contribution in [0.5, 0.6) is 5.75 Å². The van der Waals surface area contributed by atoms with Crippen molar-refractivity contribution < 1.29 is 23.9 Å². The molecule has 150 valence electrons. The van der Waals surface area contributed by atoms with Crippen LogP contribution >= 0.6 is 0 Å². The van der Waals surface area contributed by atoms with Gasteiger partial charge in [0.05, 0.1) is 24.0 Å². The number of carbonyl (C=O) groups excluding carboxylic acids is 4. The van der Waals surface area contributed by atoms with Crippen molar-refractivity contribution in [1.29, 1.82) is 0 Å². The van der Waals surface area contributed by atoms with Gasteiger partial charge in [-0.3, -0.25) is 24.3 Å². The fourth-order valence-corrected chi connectivity index (χ4v) is 3.42. The summed E-state index contributed by atoms with van der Waals surface area (Å²) in [4.78, 5) is 51.0. The monoisotopic (exact) mass is 403 g/mol. The van der Waals surface area contributed by atoms with Crippen LogP contribution in [0.2, 0.25) is 0 Å². The molecule has 3 aromatic rings. The molecule has 4 rings (SSSR count). The number of rotatable bonds is 3. The Morgan fingerprint density at radius 1 is 1.03 bits per heavy atom. The van der Waals surface area contributed by atoms with Gasteiger partial charge in [-0.15, -0.1) is 0 Å². The van der Waals surface area contributed by atoms with Gasteiger partial charge >= 0.3 is 6.03 Å². The fourth-order valence-electron chi connectivity index (χ4n) is 3.42. The second kappa shape index (κ2) is 7.32. The minimum absolute atomic E-state index is 0.252. The molecule has 0 saturated carbocycles. The van der Waals surface area contributed by atoms with Crippen LogP contribution in [0, 0.1) is 0 Å². The summed E-state index contributed by atoms with van der Waals surface area (Å²) >= 11 is 0. The molecule has 0 unspecified atom stereocenters. The highest BCUT2D eigenvalue weighted by atomic mass is 16.5. The molecule has 1 aliphatic rings. The van der Waals surface area contributed by atoms with Crippen LogP contribution in [0.4, 0.5) is 10.5 Å². The topological polar surface area (TPSA) is 97.7 Å². The van der Waals surface area contributed by atoms with Gasteiger partial charge in [-0.05, 0) is 30.3 Å². The lowest BCUT2D eigenvalue weighted by Gasteiger charge is -2.26. The average molecular weight is 403 g/mol. The maximum Gasteiger partial charge on any atom is 0.335 e. The second-order valence-electron chi connectivity index (χ2n) is 6.64. The number of aromatic nitrogens is 1. The van der Waals surface area contributed by atoms with Gasteiger partial charge in [0, 0.05) is 18.4 Å². The minimum Gasteiger partial charge on any atom is -0.497 e. The van der Waals surface area contributed by atoms with Gasteiger partial charge in [0.2, 0.25) is 5.91 Å². The maximum absolute atomic E-state index is 13.1. The van der Waals surface area contributed by atoms with E-state index in [1.165, 1.54) is 30.7 Å². The molecule has 30 heavy (non-hydrogen) atoms. The maximum atomic E-state index is 13.1. The Morgan fingerprint density at radius 2 is 1.80 bits per heavy atom. The molecule has 2 aromatic carbocycles. The van der Waals surface area contributed by atoms with Crippen molar-refractivity contribution >= 4 is 46.4 Å². The van der Waals surface area contributed by atoms with Gasteiger partial charge < -0.3 is 4.74 Å². The molecule has 1 N–H and O–H groups in total. The number of carbonyl (C=O) groups is 4. The first-order valence-corrected chi connectivity index (χ1v) is 9.07. The van der Waals surface area contributed by atoms with E-state index < -0.39 is 17.8 Å². The third kappa shape index (κ3) is 3.14. The van der Waals surface area contributed by atoms with Crippen LogP contribution < -0.4 is 15.0 Å². The molecule has 1 aromatic heterocycles. The van der Waals surface area contributed by atoms with Crippen molar-refractivity contribution in [3.05, 3.63) is 65.9 Å². The molecule has 0 radical (unpaired) electrons. The smallest absolute Gasteiger partial charge is 0.335 e. The van der Waals surface area contributed by atoms with E-state index in [0.717, 1.165) is 10.3 Å². The van der Waals surface area contributed by atoms with E-state index in [1.807, 2.05) is 12.1 Å².